The Hall–Kier alpha value is -3.42. The molecule has 1 amide bonds. The molecule has 0 aliphatic carbocycles. The van der Waals surface area contributed by atoms with Gasteiger partial charge in [0.2, 0.25) is 0 Å². The number of ether oxygens (including phenoxy) is 1. The van der Waals surface area contributed by atoms with Crippen molar-refractivity contribution in [2.24, 2.45) is 10.2 Å². The van der Waals surface area contributed by atoms with Gasteiger partial charge in [-0.3, -0.25) is 9.79 Å². The van der Waals surface area contributed by atoms with Crippen LogP contribution in [0.25, 0.3) is 0 Å². The first-order valence-electron chi connectivity index (χ1n) is 9.53. The molecular formula is C22H21F2N3O3. The van der Waals surface area contributed by atoms with Crippen LogP contribution in [-0.4, -0.2) is 18.7 Å². The van der Waals surface area contributed by atoms with Gasteiger partial charge in [0.15, 0.2) is 17.4 Å². The predicted octanol–water partition coefficient (Wildman–Crippen LogP) is 5.05. The Morgan fingerprint density at radius 2 is 1.87 bits per heavy atom. The molecule has 0 radical (unpaired) electrons. The van der Waals surface area contributed by atoms with Crippen LogP contribution in [-0.2, 0) is 0 Å². The van der Waals surface area contributed by atoms with Gasteiger partial charge in [0.1, 0.15) is 0 Å². The number of nitrogens with one attached hydrogen (secondary N) is 1. The molecule has 0 bridgehead atoms. The van der Waals surface area contributed by atoms with Crippen molar-refractivity contribution in [3.05, 3.63) is 81.5 Å². The highest BCUT2D eigenvalue weighted by Crippen LogP contribution is 2.30. The van der Waals surface area contributed by atoms with E-state index in [1.807, 2.05) is 0 Å². The second-order valence-corrected chi connectivity index (χ2v) is 6.83. The standard InChI is InChI=1S/C22H21F2N3O3/c1-3-4-5-16-12-25-19(15-10-17(23)21(30-2)18(24)11-15)20(26-16)13-6-8-14(9-7-13)22(28)27-29/h6-12,19,25H,3-5H2,1-2H3. The number of methoxy groups -OCH3 is 1. The predicted molar refractivity (Wildman–Crippen MR) is 109 cm³/mol. The number of allylic oxidation sites excluding steroid dienone is 1. The lowest BCUT2D eigenvalue weighted by Crippen LogP contribution is -2.29. The molecule has 6 nitrogen and oxygen atoms in total. The van der Waals surface area contributed by atoms with Crippen LogP contribution in [0.4, 0.5) is 8.78 Å². The summed E-state index contributed by atoms with van der Waals surface area (Å²) in [7, 11) is 1.20. The molecule has 0 fully saturated rings. The van der Waals surface area contributed by atoms with Gasteiger partial charge in [0.25, 0.3) is 0 Å². The molecule has 0 saturated heterocycles. The summed E-state index contributed by atoms with van der Waals surface area (Å²) >= 11 is 0. The highest BCUT2D eigenvalue weighted by Gasteiger charge is 2.25. The zero-order valence-corrected chi connectivity index (χ0v) is 16.6. The molecule has 1 aliphatic heterocycles. The number of hydrogen-bond acceptors (Lipinski definition) is 5. The summed E-state index contributed by atoms with van der Waals surface area (Å²) < 4.78 is 33.3. The van der Waals surface area contributed by atoms with Crippen LogP contribution in [0, 0.1) is 16.5 Å². The van der Waals surface area contributed by atoms with E-state index in [0.29, 0.717) is 16.8 Å². The summed E-state index contributed by atoms with van der Waals surface area (Å²) in [6.07, 6.45) is 4.43. The van der Waals surface area contributed by atoms with E-state index in [1.165, 1.54) is 31.4 Å². The number of hydrogen-bond donors (Lipinski definition) is 1. The number of rotatable bonds is 7. The van der Waals surface area contributed by atoms with Gasteiger partial charge >= 0.3 is 5.91 Å². The molecule has 2 aromatic carbocycles. The van der Waals surface area contributed by atoms with Crippen LogP contribution in [0.3, 0.4) is 0 Å². The number of carbonyl (C=O) groups excluding carboxylic acids is 1. The van der Waals surface area contributed by atoms with Crippen molar-refractivity contribution in [2.45, 2.75) is 32.2 Å². The van der Waals surface area contributed by atoms with Gasteiger partial charge in [-0.15, -0.1) is 4.91 Å². The lowest BCUT2D eigenvalue weighted by molar-refractivity contribution is 0.100. The minimum Gasteiger partial charge on any atom is -0.491 e. The molecule has 0 spiro atoms. The first kappa shape index (κ1) is 21.3. The third-order valence-corrected chi connectivity index (χ3v) is 4.81. The molecular weight excluding hydrogens is 392 g/mol. The molecule has 30 heavy (non-hydrogen) atoms. The molecule has 2 aromatic rings. The number of carbonyl (C=O) groups is 1. The number of halogens is 2. The highest BCUT2D eigenvalue weighted by molar-refractivity contribution is 6.06. The molecule has 3 rings (SSSR count). The summed E-state index contributed by atoms with van der Waals surface area (Å²) in [4.78, 5) is 26.6. The summed E-state index contributed by atoms with van der Waals surface area (Å²) in [6, 6.07) is 7.99. The van der Waals surface area contributed by atoms with Crippen LogP contribution >= 0.6 is 0 Å². The van der Waals surface area contributed by atoms with Crippen molar-refractivity contribution in [3.63, 3.8) is 0 Å². The Balaban J connectivity index is 2.03. The van der Waals surface area contributed by atoms with E-state index in [0.717, 1.165) is 25.0 Å². The number of nitroso groups, excluding NO2 is 1. The number of unbranched alkanes of at least 4 members (excludes halogenated alkanes) is 1. The van der Waals surface area contributed by atoms with Crippen LogP contribution < -0.4 is 10.1 Å². The van der Waals surface area contributed by atoms with Gasteiger partial charge in [-0.25, -0.2) is 8.78 Å². The third-order valence-electron chi connectivity index (χ3n) is 4.81. The fraction of sp³-hybridized carbons (Fsp3) is 0.273. The van der Waals surface area contributed by atoms with E-state index in [4.69, 9.17) is 9.73 Å². The van der Waals surface area contributed by atoms with Crippen molar-refractivity contribution in [1.82, 2.24) is 5.32 Å². The maximum absolute atomic E-state index is 14.3. The van der Waals surface area contributed by atoms with Crippen molar-refractivity contribution >= 4 is 11.6 Å². The van der Waals surface area contributed by atoms with E-state index in [1.54, 1.807) is 18.3 Å². The van der Waals surface area contributed by atoms with E-state index in [9.17, 15) is 18.5 Å². The minimum absolute atomic E-state index is 0.151. The van der Waals surface area contributed by atoms with Gasteiger partial charge in [-0.2, -0.15) is 0 Å². The topological polar surface area (TPSA) is 80.1 Å². The Morgan fingerprint density at radius 1 is 1.20 bits per heavy atom. The van der Waals surface area contributed by atoms with Gasteiger partial charge in [-0.05, 0) is 48.2 Å². The average molecular weight is 413 g/mol. The molecule has 0 aromatic heterocycles. The number of amides is 1. The van der Waals surface area contributed by atoms with E-state index in [-0.39, 0.29) is 5.56 Å². The van der Waals surface area contributed by atoms with Gasteiger partial charge < -0.3 is 10.1 Å². The van der Waals surface area contributed by atoms with Gasteiger partial charge in [0, 0.05) is 16.9 Å². The monoisotopic (exact) mass is 413 g/mol. The molecule has 1 N–H and O–H groups in total. The second-order valence-electron chi connectivity index (χ2n) is 6.83. The van der Waals surface area contributed by atoms with E-state index < -0.39 is 29.3 Å². The van der Waals surface area contributed by atoms with Crippen molar-refractivity contribution in [2.75, 3.05) is 7.11 Å². The Kier molecular flexibility index (Phi) is 6.66. The first-order valence-corrected chi connectivity index (χ1v) is 9.53. The van der Waals surface area contributed by atoms with Crippen molar-refractivity contribution in [1.29, 1.82) is 0 Å². The molecule has 1 atom stereocenters. The molecule has 0 saturated carbocycles. The van der Waals surface area contributed by atoms with Crippen LogP contribution in [0.2, 0.25) is 0 Å². The zero-order valence-electron chi connectivity index (χ0n) is 16.6. The average Bonchev–Trinajstić information content (AvgIpc) is 2.76. The third kappa shape index (κ3) is 4.42. The second kappa shape index (κ2) is 9.39. The maximum Gasteiger partial charge on any atom is 0.316 e. The van der Waals surface area contributed by atoms with E-state index in [2.05, 4.69) is 17.4 Å². The largest absolute Gasteiger partial charge is 0.491 e. The van der Waals surface area contributed by atoms with Crippen LogP contribution in [0.1, 0.15) is 53.7 Å². The summed E-state index contributed by atoms with van der Waals surface area (Å²) in [5.74, 6) is -2.94. The molecule has 156 valence electrons. The number of benzene rings is 2. The molecule has 1 aliphatic rings. The Morgan fingerprint density at radius 3 is 2.43 bits per heavy atom. The normalized spacial score (nSPS) is 15.7. The molecule has 1 heterocycles. The van der Waals surface area contributed by atoms with E-state index >= 15 is 0 Å². The quantitative estimate of drug-likeness (QED) is 0.645. The first-order chi connectivity index (χ1) is 14.5. The summed E-state index contributed by atoms with van der Waals surface area (Å²) in [6.45, 7) is 2.07. The van der Waals surface area contributed by atoms with Crippen LogP contribution in [0.5, 0.6) is 5.75 Å². The lowest BCUT2D eigenvalue weighted by Gasteiger charge is -2.26. The SMILES string of the molecule is CCCCC1=CNC(c2cc(F)c(OC)c(F)c2)C(c2ccc(C(=O)N=O)cc2)=N1. The number of nitrogens with zero attached hydrogens (tertiary/aromatic N) is 2. The van der Waals surface area contributed by atoms with Gasteiger partial charge in [-0.1, -0.05) is 25.5 Å². The van der Waals surface area contributed by atoms with Gasteiger partial charge in [0.05, 0.1) is 24.6 Å². The molecule has 1 unspecified atom stereocenters. The fourth-order valence-corrected chi connectivity index (χ4v) is 3.26. The maximum atomic E-state index is 14.3. The zero-order chi connectivity index (χ0) is 21.7. The molecule has 8 heteroatoms. The Labute approximate surface area is 172 Å². The smallest absolute Gasteiger partial charge is 0.316 e. The summed E-state index contributed by atoms with van der Waals surface area (Å²) in [5.41, 5.74) is 2.49. The van der Waals surface area contributed by atoms with Crippen molar-refractivity contribution in [3.8, 4) is 5.75 Å². The fourth-order valence-electron chi connectivity index (χ4n) is 3.26. The number of aliphatic imine (C=N–C) groups is 1. The lowest BCUT2D eigenvalue weighted by atomic mass is 9.94. The highest BCUT2D eigenvalue weighted by atomic mass is 19.1. The summed E-state index contributed by atoms with van der Waals surface area (Å²) in [5, 5.41) is 5.59. The minimum atomic E-state index is -0.871. The Bertz CT molecular complexity index is 994. The van der Waals surface area contributed by atoms with Crippen LogP contribution in [0.15, 0.2) is 58.5 Å². The van der Waals surface area contributed by atoms with Crippen molar-refractivity contribution < 1.29 is 18.3 Å².